The molecule has 148 valence electrons. The quantitative estimate of drug-likeness (QED) is 0.712. The summed E-state index contributed by atoms with van der Waals surface area (Å²) in [5.41, 5.74) is 0.646. The number of sulfonamides is 1. The van der Waals surface area contributed by atoms with E-state index in [0.717, 1.165) is 17.7 Å². The summed E-state index contributed by atoms with van der Waals surface area (Å²) < 4.78 is 66.3. The van der Waals surface area contributed by atoms with Crippen molar-refractivity contribution in [1.82, 2.24) is 5.32 Å². The van der Waals surface area contributed by atoms with E-state index in [9.17, 15) is 21.6 Å². The van der Waals surface area contributed by atoms with Crippen molar-refractivity contribution < 1.29 is 26.3 Å². The van der Waals surface area contributed by atoms with Crippen LogP contribution in [-0.4, -0.2) is 28.7 Å². The van der Waals surface area contributed by atoms with Crippen molar-refractivity contribution in [3.05, 3.63) is 65.2 Å². The first-order chi connectivity index (χ1) is 12.6. The average molecular weight is 402 g/mol. The van der Waals surface area contributed by atoms with Crippen molar-refractivity contribution in [2.75, 3.05) is 20.3 Å². The van der Waals surface area contributed by atoms with Gasteiger partial charge < -0.3 is 10.1 Å². The Labute approximate surface area is 156 Å². The smallest absolute Gasteiger partial charge is 0.383 e. The van der Waals surface area contributed by atoms with Crippen LogP contribution in [0, 0.1) is 0 Å². The Morgan fingerprint density at radius 1 is 1.15 bits per heavy atom. The molecule has 0 unspecified atom stereocenters. The number of hydrogen-bond acceptors (Lipinski definition) is 4. The highest BCUT2D eigenvalue weighted by Gasteiger charge is 2.30. The lowest BCUT2D eigenvalue weighted by Gasteiger charge is -2.20. The second-order valence-corrected chi connectivity index (χ2v) is 7.59. The molecule has 0 fully saturated rings. The van der Waals surface area contributed by atoms with E-state index >= 15 is 0 Å². The van der Waals surface area contributed by atoms with Crippen LogP contribution in [0.15, 0.2) is 53.4 Å². The Morgan fingerprint density at radius 3 is 2.37 bits per heavy atom. The Balaban J connectivity index is 2.03. The molecule has 3 N–H and O–H groups in total. The number of hydrogen-bond donors (Lipinski definition) is 2. The standard InChI is InChI=1S/C18H21F3N2O3S/c1-26-12-17(14-3-2-4-15(11-14)18(19,20)21)23-10-9-13-5-7-16(8-6-13)27(22,24)25/h2-8,11,17,23H,9-10,12H2,1H3,(H2,22,24,25)/t17-/m1/s1. The van der Waals surface area contributed by atoms with E-state index in [1.54, 1.807) is 18.2 Å². The summed E-state index contributed by atoms with van der Waals surface area (Å²) in [7, 11) is -2.26. The predicted octanol–water partition coefficient (Wildman–Crippen LogP) is 2.87. The van der Waals surface area contributed by atoms with E-state index in [0.29, 0.717) is 18.5 Å². The molecule has 2 aromatic carbocycles. The molecule has 2 aromatic rings. The van der Waals surface area contributed by atoms with E-state index in [4.69, 9.17) is 9.88 Å². The number of benzene rings is 2. The molecule has 0 aliphatic heterocycles. The van der Waals surface area contributed by atoms with Crippen LogP contribution in [0.2, 0.25) is 0 Å². The largest absolute Gasteiger partial charge is 0.416 e. The van der Waals surface area contributed by atoms with Gasteiger partial charge in [-0.05, 0) is 48.4 Å². The normalized spacial score (nSPS) is 13.5. The minimum Gasteiger partial charge on any atom is -0.383 e. The van der Waals surface area contributed by atoms with Gasteiger partial charge in [0, 0.05) is 7.11 Å². The van der Waals surface area contributed by atoms with Crippen LogP contribution in [0.3, 0.4) is 0 Å². The zero-order valence-corrected chi connectivity index (χ0v) is 15.5. The summed E-state index contributed by atoms with van der Waals surface area (Å²) in [5, 5.41) is 8.23. The van der Waals surface area contributed by atoms with Crippen molar-refractivity contribution in [3.63, 3.8) is 0 Å². The molecule has 0 amide bonds. The van der Waals surface area contributed by atoms with E-state index in [-0.39, 0.29) is 11.5 Å². The first-order valence-electron chi connectivity index (χ1n) is 8.12. The Bertz CT molecular complexity index is 853. The van der Waals surface area contributed by atoms with Crippen LogP contribution in [0.4, 0.5) is 13.2 Å². The first kappa shape index (κ1) is 21.4. The third-order valence-electron chi connectivity index (χ3n) is 4.01. The lowest BCUT2D eigenvalue weighted by atomic mass is 10.0. The molecule has 0 saturated heterocycles. The summed E-state index contributed by atoms with van der Waals surface area (Å²) in [4.78, 5) is 0.0282. The molecule has 0 saturated carbocycles. The van der Waals surface area contributed by atoms with Crippen molar-refractivity contribution in [2.24, 2.45) is 5.14 Å². The van der Waals surface area contributed by atoms with E-state index < -0.39 is 27.8 Å². The summed E-state index contributed by atoms with van der Waals surface area (Å²) in [5.74, 6) is 0. The summed E-state index contributed by atoms with van der Waals surface area (Å²) in [6.07, 6.45) is -3.84. The van der Waals surface area contributed by atoms with Gasteiger partial charge in [-0.15, -0.1) is 0 Å². The minimum absolute atomic E-state index is 0.0282. The molecule has 1 atom stereocenters. The molecule has 2 rings (SSSR count). The highest BCUT2D eigenvalue weighted by Crippen LogP contribution is 2.30. The van der Waals surface area contributed by atoms with Crippen LogP contribution in [0.5, 0.6) is 0 Å². The highest BCUT2D eigenvalue weighted by atomic mass is 32.2. The highest BCUT2D eigenvalue weighted by molar-refractivity contribution is 7.89. The molecule has 27 heavy (non-hydrogen) atoms. The second kappa shape index (κ2) is 8.83. The molecule has 0 aliphatic carbocycles. The van der Waals surface area contributed by atoms with Gasteiger partial charge in [0.2, 0.25) is 10.0 Å². The minimum atomic E-state index is -4.40. The number of halogens is 3. The number of alkyl halides is 3. The molecular formula is C18H21F3N2O3S. The monoisotopic (exact) mass is 402 g/mol. The maximum Gasteiger partial charge on any atom is 0.416 e. The van der Waals surface area contributed by atoms with Crippen LogP contribution >= 0.6 is 0 Å². The zero-order chi connectivity index (χ0) is 20.1. The Kier molecular flexibility index (Phi) is 6.99. The fourth-order valence-corrected chi connectivity index (χ4v) is 3.12. The fourth-order valence-electron chi connectivity index (χ4n) is 2.61. The van der Waals surface area contributed by atoms with E-state index in [1.807, 2.05) is 0 Å². The van der Waals surface area contributed by atoms with Gasteiger partial charge in [-0.25, -0.2) is 13.6 Å². The predicted molar refractivity (Wildman–Crippen MR) is 95.6 cm³/mol. The zero-order valence-electron chi connectivity index (χ0n) is 14.7. The van der Waals surface area contributed by atoms with Gasteiger partial charge in [0.1, 0.15) is 0 Å². The van der Waals surface area contributed by atoms with Crippen LogP contribution in [0.25, 0.3) is 0 Å². The molecule has 0 aliphatic rings. The fraction of sp³-hybridized carbons (Fsp3) is 0.333. The third kappa shape index (κ3) is 6.31. The van der Waals surface area contributed by atoms with Gasteiger partial charge in [-0.3, -0.25) is 0 Å². The maximum atomic E-state index is 12.9. The number of methoxy groups -OCH3 is 1. The number of nitrogens with two attached hydrogens (primary N) is 1. The number of ether oxygens (including phenoxy) is 1. The van der Waals surface area contributed by atoms with Crippen molar-refractivity contribution in [1.29, 1.82) is 0 Å². The Hall–Kier alpha value is -1.94. The molecular weight excluding hydrogens is 381 g/mol. The molecule has 0 heterocycles. The van der Waals surface area contributed by atoms with Crippen molar-refractivity contribution in [2.45, 2.75) is 23.5 Å². The molecule has 0 spiro atoms. The number of rotatable bonds is 8. The summed E-state index contributed by atoms with van der Waals surface area (Å²) in [6.45, 7) is 0.685. The third-order valence-corrected chi connectivity index (χ3v) is 4.94. The van der Waals surface area contributed by atoms with Crippen LogP contribution < -0.4 is 10.5 Å². The van der Waals surface area contributed by atoms with Crippen molar-refractivity contribution >= 4 is 10.0 Å². The molecule has 9 heteroatoms. The molecule has 0 aromatic heterocycles. The SMILES string of the molecule is COC[C@@H](NCCc1ccc(S(N)(=O)=O)cc1)c1cccc(C(F)(F)F)c1. The lowest BCUT2D eigenvalue weighted by molar-refractivity contribution is -0.137. The lowest BCUT2D eigenvalue weighted by Crippen LogP contribution is -2.27. The maximum absolute atomic E-state index is 12.9. The van der Waals surface area contributed by atoms with Gasteiger partial charge in [0.25, 0.3) is 0 Å². The van der Waals surface area contributed by atoms with Gasteiger partial charge in [0.15, 0.2) is 0 Å². The van der Waals surface area contributed by atoms with Gasteiger partial charge >= 0.3 is 6.18 Å². The number of primary sulfonamides is 1. The molecule has 0 radical (unpaired) electrons. The Morgan fingerprint density at radius 2 is 1.81 bits per heavy atom. The van der Waals surface area contributed by atoms with Gasteiger partial charge in [-0.1, -0.05) is 24.3 Å². The van der Waals surface area contributed by atoms with Gasteiger partial charge in [-0.2, -0.15) is 13.2 Å². The molecule has 0 bridgehead atoms. The molecule has 5 nitrogen and oxygen atoms in total. The summed E-state index contributed by atoms with van der Waals surface area (Å²) in [6, 6.07) is 10.9. The second-order valence-electron chi connectivity index (χ2n) is 6.02. The van der Waals surface area contributed by atoms with Crippen LogP contribution in [0.1, 0.15) is 22.7 Å². The van der Waals surface area contributed by atoms with Crippen molar-refractivity contribution in [3.8, 4) is 0 Å². The topological polar surface area (TPSA) is 81.4 Å². The summed E-state index contributed by atoms with van der Waals surface area (Å²) >= 11 is 0. The average Bonchev–Trinajstić information content (AvgIpc) is 2.60. The number of nitrogens with one attached hydrogen (secondary N) is 1. The van der Waals surface area contributed by atoms with Crippen LogP contribution in [-0.2, 0) is 27.4 Å². The van der Waals surface area contributed by atoms with E-state index in [1.165, 1.54) is 25.3 Å². The van der Waals surface area contributed by atoms with E-state index in [2.05, 4.69) is 5.32 Å². The first-order valence-corrected chi connectivity index (χ1v) is 9.67. The van der Waals surface area contributed by atoms with Gasteiger partial charge in [0.05, 0.1) is 23.1 Å².